The molecule has 1 heterocycles. The van der Waals surface area contributed by atoms with Crippen LogP contribution in [0.15, 0.2) is 27.1 Å². The second kappa shape index (κ2) is 7.07. The van der Waals surface area contributed by atoms with Crippen molar-refractivity contribution in [1.29, 1.82) is 0 Å². The second-order valence-corrected chi connectivity index (χ2v) is 6.86. The Kier molecular flexibility index (Phi) is 5.69. The Morgan fingerprint density at radius 3 is 2.89 bits per heavy atom. The van der Waals surface area contributed by atoms with Gasteiger partial charge in [0.15, 0.2) is 0 Å². The van der Waals surface area contributed by atoms with Crippen LogP contribution in [0.1, 0.15) is 13.8 Å². The van der Waals surface area contributed by atoms with Gasteiger partial charge in [0.1, 0.15) is 0 Å². The fourth-order valence-electron chi connectivity index (χ4n) is 2.19. The summed E-state index contributed by atoms with van der Waals surface area (Å²) in [4.78, 5) is 2.46. The van der Waals surface area contributed by atoms with Crippen LogP contribution in [0.25, 0.3) is 0 Å². The molecule has 5 heteroatoms. The minimum atomic E-state index is 0.256. The number of benzene rings is 1. The van der Waals surface area contributed by atoms with Crippen molar-refractivity contribution in [3.05, 3.63) is 27.1 Å². The van der Waals surface area contributed by atoms with Crippen molar-refractivity contribution in [2.45, 2.75) is 26.0 Å². The van der Waals surface area contributed by atoms with Crippen molar-refractivity contribution in [2.24, 2.45) is 0 Å². The van der Waals surface area contributed by atoms with Gasteiger partial charge in [-0.3, -0.25) is 4.90 Å². The summed E-state index contributed by atoms with van der Waals surface area (Å²) in [6, 6.07) is 6.74. The van der Waals surface area contributed by atoms with Crippen LogP contribution in [0.2, 0.25) is 0 Å². The highest BCUT2D eigenvalue weighted by atomic mass is 79.9. The molecule has 0 aliphatic carbocycles. The summed E-state index contributed by atoms with van der Waals surface area (Å²) in [7, 11) is 0. The monoisotopic (exact) mass is 390 g/mol. The lowest BCUT2D eigenvalue weighted by Crippen LogP contribution is -2.48. The number of rotatable bonds is 4. The number of hydrogen-bond donors (Lipinski definition) is 1. The molecule has 3 nitrogen and oxygen atoms in total. The van der Waals surface area contributed by atoms with Crippen LogP contribution in [-0.4, -0.2) is 43.3 Å². The number of hydrogen-bond acceptors (Lipinski definition) is 3. The summed E-state index contributed by atoms with van der Waals surface area (Å²) in [5, 5.41) is 3.45. The molecule has 1 unspecified atom stereocenters. The Hall–Kier alpha value is -0.100. The number of anilines is 1. The first-order chi connectivity index (χ1) is 9.06. The van der Waals surface area contributed by atoms with Crippen molar-refractivity contribution in [1.82, 2.24) is 4.90 Å². The molecule has 0 saturated carbocycles. The van der Waals surface area contributed by atoms with Crippen molar-refractivity contribution in [2.75, 3.05) is 31.6 Å². The molecular formula is C14H20Br2N2O. The molecule has 1 N–H and O–H groups in total. The Morgan fingerprint density at radius 2 is 2.21 bits per heavy atom. The molecule has 19 heavy (non-hydrogen) atoms. The zero-order valence-corrected chi connectivity index (χ0v) is 14.5. The van der Waals surface area contributed by atoms with Gasteiger partial charge in [0, 0.05) is 40.3 Å². The van der Waals surface area contributed by atoms with E-state index in [0.717, 1.165) is 40.9 Å². The van der Waals surface area contributed by atoms with E-state index in [-0.39, 0.29) is 6.10 Å². The zero-order valence-electron chi connectivity index (χ0n) is 11.3. The lowest BCUT2D eigenvalue weighted by molar-refractivity contribution is -0.0315. The van der Waals surface area contributed by atoms with Gasteiger partial charge in [-0.1, -0.05) is 15.9 Å². The molecule has 0 bridgehead atoms. The maximum absolute atomic E-state index is 5.81. The van der Waals surface area contributed by atoms with Crippen LogP contribution in [0.5, 0.6) is 0 Å². The van der Waals surface area contributed by atoms with Gasteiger partial charge in [0.05, 0.1) is 12.7 Å². The van der Waals surface area contributed by atoms with Gasteiger partial charge >= 0.3 is 0 Å². The normalized spacial score (nSPS) is 20.8. The first-order valence-electron chi connectivity index (χ1n) is 6.61. The maximum Gasteiger partial charge on any atom is 0.0874 e. The first kappa shape index (κ1) is 15.3. The van der Waals surface area contributed by atoms with Gasteiger partial charge < -0.3 is 10.1 Å². The van der Waals surface area contributed by atoms with E-state index in [4.69, 9.17) is 4.74 Å². The molecule has 0 aromatic heterocycles. The van der Waals surface area contributed by atoms with E-state index >= 15 is 0 Å². The van der Waals surface area contributed by atoms with Crippen LogP contribution in [0.3, 0.4) is 0 Å². The molecule has 1 saturated heterocycles. The van der Waals surface area contributed by atoms with Crippen molar-refractivity contribution < 1.29 is 4.74 Å². The van der Waals surface area contributed by atoms with E-state index in [1.807, 2.05) is 12.1 Å². The summed E-state index contributed by atoms with van der Waals surface area (Å²) in [5.74, 6) is 0. The lowest BCUT2D eigenvalue weighted by atomic mass is 10.2. The fourth-order valence-corrected chi connectivity index (χ4v) is 3.38. The Labute approximate surface area is 132 Å². The quantitative estimate of drug-likeness (QED) is 0.846. The zero-order chi connectivity index (χ0) is 13.8. The minimum absolute atomic E-state index is 0.256. The summed E-state index contributed by atoms with van der Waals surface area (Å²) >= 11 is 7.02. The predicted molar refractivity (Wildman–Crippen MR) is 86.8 cm³/mol. The van der Waals surface area contributed by atoms with Crippen LogP contribution < -0.4 is 5.32 Å². The topological polar surface area (TPSA) is 24.5 Å². The van der Waals surface area contributed by atoms with E-state index in [0.29, 0.717) is 6.04 Å². The van der Waals surface area contributed by atoms with Crippen LogP contribution >= 0.6 is 31.9 Å². The third kappa shape index (κ3) is 4.45. The summed E-state index contributed by atoms with van der Waals surface area (Å²) < 4.78 is 7.96. The third-order valence-electron chi connectivity index (χ3n) is 3.35. The average molecular weight is 392 g/mol. The molecule has 106 valence electrons. The molecule has 1 atom stereocenters. The number of nitrogens with zero attached hydrogens (tertiary/aromatic N) is 1. The molecule has 0 spiro atoms. The van der Waals surface area contributed by atoms with E-state index in [9.17, 15) is 0 Å². The largest absolute Gasteiger partial charge is 0.381 e. The Balaban J connectivity index is 1.88. The summed E-state index contributed by atoms with van der Waals surface area (Å²) in [6.45, 7) is 8.17. The van der Waals surface area contributed by atoms with Gasteiger partial charge in [-0.05, 0) is 48.0 Å². The van der Waals surface area contributed by atoms with Gasteiger partial charge in [-0.2, -0.15) is 0 Å². The van der Waals surface area contributed by atoms with Gasteiger partial charge in [-0.25, -0.2) is 0 Å². The number of nitrogens with one attached hydrogen (secondary N) is 1. The standard InChI is InChI=1S/C14H20Br2N2O/c1-10(2)18-5-6-19-12(9-18)8-17-14-4-3-11(15)7-13(14)16/h3-4,7,10,12,17H,5-6,8-9H2,1-2H3. The number of morpholine rings is 1. The second-order valence-electron chi connectivity index (χ2n) is 5.09. The first-order valence-corrected chi connectivity index (χ1v) is 8.19. The molecular weight excluding hydrogens is 372 g/mol. The highest BCUT2D eigenvalue weighted by Gasteiger charge is 2.22. The number of halogens is 2. The van der Waals surface area contributed by atoms with Crippen molar-refractivity contribution >= 4 is 37.5 Å². The van der Waals surface area contributed by atoms with Crippen LogP contribution in [0.4, 0.5) is 5.69 Å². The summed E-state index contributed by atoms with van der Waals surface area (Å²) in [5.41, 5.74) is 1.11. The third-order valence-corrected chi connectivity index (χ3v) is 4.50. The highest BCUT2D eigenvalue weighted by Crippen LogP contribution is 2.26. The number of ether oxygens (including phenoxy) is 1. The van der Waals surface area contributed by atoms with Crippen LogP contribution in [0, 0.1) is 0 Å². The molecule has 1 aliphatic rings. The smallest absolute Gasteiger partial charge is 0.0874 e. The molecule has 1 aliphatic heterocycles. The van der Waals surface area contributed by atoms with E-state index in [1.165, 1.54) is 0 Å². The average Bonchev–Trinajstić information content (AvgIpc) is 2.38. The van der Waals surface area contributed by atoms with E-state index < -0.39 is 0 Å². The molecule has 0 amide bonds. The van der Waals surface area contributed by atoms with E-state index in [1.54, 1.807) is 0 Å². The van der Waals surface area contributed by atoms with Gasteiger partial charge in [-0.15, -0.1) is 0 Å². The van der Waals surface area contributed by atoms with Crippen molar-refractivity contribution in [3.63, 3.8) is 0 Å². The fraction of sp³-hybridized carbons (Fsp3) is 0.571. The van der Waals surface area contributed by atoms with Gasteiger partial charge in [0.2, 0.25) is 0 Å². The van der Waals surface area contributed by atoms with E-state index in [2.05, 4.69) is 62.0 Å². The van der Waals surface area contributed by atoms with Crippen LogP contribution in [-0.2, 0) is 4.74 Å². The SMILES string of the molecule is CC(C)N1CCOC(CNc2ccc(Br)cc2Br)C1. The maximum atomic E-state index is 5.81. The molecule has 1 aromatic carbocycles. The predicted octanol–water partition coefficient (Wildman–Crippen LogP) is 3.73. The molecule has 1 aromatic rings. The molecule has 2 rings (SSSR count). The highest BCUT2D eigenvalue weighted by molar-refractivity contribution is 9.11. The van der Waals surface area contributed by atoms with Gasteiger partial charge in [0.25, 0.3) is 0 Å². The lowest BCUT2D eigenvalue weighted by Gasteiger charge is -2.35. The Bertz CT molecular complexity index is 426. The molecule has 1 fully saturated rings. The van der Waals surface area contributed by atoms with Crippen molar-refractivity contribution in [3.8, 4) is 0 Å². The summed E-state index contributed by atoms with van der Waals surface area (Å²) in [6.07, 6.45) is 0.256. The molecule has 0 radical (unpaired) electrons. The Morgan fingerprint density at radius 1 is 1.42 bits per heavy atom. The minimum Gasteiger partial charge on any atom is -0.381 e.